The van der Waals surface area contributed by atoms with Crippen molar-refractivity contribution in [2.75, 3.05) is 5.32 Å². The first-order valence-electron chi connectivity index (χ1n) is 9.46. The highest BCUT2D eigenvalue weighted by atomic mass is 32.2. The van der Waals surface area contributed by atoms with Crippen LogP contribution in [0.5, 0.6) is 0 Å². The first kappa shape index (κ1) is 20.1. The molecule has 28 heavy (non-hydrogen) atoms. The molecule has 0 bridgehead atoms. The number of nitrogens with zero attached hydrogens (tertiary/aromatic N) is 3. The second-order valence-corrected chi connectivity index (χ2v) is 8.40. The first-order valence-corrected chi connectivity index (χ1v) is 10.3. The minimum absolute atomic E-state index is 0.0370. The number of para-hydroxylation sites is 1. The Hall–Kier alpha value is -2.60. The first-order chi connectivity index (χ1) is 13.5. The van der Waals surface area contributed by atoms with Gasteiger partial charge in [0.05, 0.1) is 11.8 Å². The number of carbonyl (C=O) groups is 1. The van der Waals surface area contributed by atoms with Crippen molar-refractivity contribution >= 4 is 23.4 Å². The highest BCUT2D eigenvalue weighted by molar-refractivity contribution is 8.00. The molecule has 1 heterocycles. The number of thioether (sulfide) groups is 1. The number of aryl methyl sites for hydroxylation is 1. The molecular formula is C22H26N4OS. The molecule has 2 aromatic carbocycles. The van der Waals surface area contributed by atoms with Crippen LogP contribution in [-0.2, 0) is 11.3 Å². The second kappa shape index (κ2) is 9.06. The van der Waals surface area contributed by atoms with Crippen LogP contribution in [0.25, 0.3) is 0 Å². The van der Waals surface area contributed by atoms with E-state index in [4.69, 9.17) is 0 Å². The molecule has 5 nitrogen and oxygen atoms in total. The molecule has 0 aliphatic rings. The quantitative estimate of drug-likeness (QED) is 0.580. The third-order valence-corrected chi connectivity index (χ3v) is 5.66. The van der Waals surface area contributed by atoms with Crippen LogP contribution in [0, 0.1) is 6.92 Å². The molecular weight excluding hydrogens is 368 g/mol. The summed E-state index contributed by atoms with van der Waals surface area (Å²) in [4.78, 5) is 12.8. The van der Waals surface area contributed by atoms with Gasteiger partial charge in [0.25, 0.3) is 0 Å². The van der Waals surface area contributed by atoms with E-state index in [1.165, 1.54) is 17.3 Å². The van der Waals surface area contributed by atoms with E-state index in [0.717, 1.165) is 22.2 Å². The summed E-state index contributed by atoms with van der Waals surface area (Å²) in [5.41, 5.74) is 3.18. The van der Waals surface area contributed by atoms with Crippen molar-refractivity contribution in [1.29, 1.82) is 0 Å². The number of hydrogen-bond donors (Lipinski definition) is 1. The number of amides is 1. The second-order valence-electron chi connectivity index (χ2n) is 7.09. The Morgan fingerprint density at radius 3 is 2.43 bits per heavy atom. The van der Waals surface area contributed by atoms with Gasteiger partial charge in [-0.1, -0.05) is 74.1 Å². The zero-order valence-electron chi connectivity index (χ0n) is 16.7. The fourth-order valence-corrected chi connectivity index (χ4v) is 3.85. The van der Waals surface area contributed by atoms with Gasteiger partial charge in [0.15, 0.2) is 5.16 Å². The molecule has 0 radical (unpaired) electrons. The molecule has 1 unspecified atom stereocenters. The molecule has 3 rings (SSSR count). The maximum atomic E-state index is 12.8. The minimum atomic E-state index is -0.293. The van der Waals surface area contributed by atoms with Crippen molar-refractivity contribution in [3.63, 3.8) is 0 Å². The van der Waals surface area contributed by atoms with Crippen molar-refractivity contribution in [3.05, 3.63) is 71.5 Å². The molecule has 0 spiro atoms. The third-order valence-electron chi connectivity index (χ3n) is 4.58. The Labute approximate surface area is 170 Å². The number of anilines is 1. The van der Waals surface area contributed by atoms with Crippen LogP contribution in [0.3, 0.4) is 0 Å². The average molecular weight is 395 g/mol. The van der Waals surface area contributed by atoms with Crippen molar-refractivity contribution < 1.29 is 4.79 Å². The Kier molecular flexibility index (Phi) is 6.52. The van der Waals surface area contributed by atoms with Gasteiger partial charge in [-0.05, 0) is 37.0 Å². The smallest absolute Gasteiger partial charge is 0.237 e. The van der Waals surface area contributed by atoms with Gasteiger partial charge < -0.3 is 9.88 Å². The highest BCUT2D eigenvalue weighted by Gasteiger charge is 2.20. The van der Waals surface area contributed by atoms with E-state index in [-0.39, 0.29) is 11.2 Å². The van der Waals surface area contributed by atoms with Gasteiger partial charge in [0.1, 0.15) is 5.82 Å². The fourth-order valence-electron chi connectivity index (χ4n) is 2.96. The van der Waals surface area contributed by atoms with Gasteiger partial charge in [0.2, 0.25) is 5.91 Å². The lowest BCUT2D eigenvalue weighted by molar-refractivity contribution is -0.115. The zero-order chi connectivity index (χ0) is 20.1. The summed E-state index contributed by atoms with van der Waals surface area (Å²) in [5.74, 6) is 1.14. The topological polar surface area (TPSA) is 59.8 Å². The molecule has 1 aromatic heterocycles. The third kappa shape index (κ3) is 4.81. The van der Waals surface area contributed by atoms with Gasteiger partial charge in [-0.25, -0.2) is 0 Å². The van der Waals surface area contributed by atoms with Crippen LogP contribution >= 0.6 is 11.8 Å². The maximum Gasteiger partial charge on any atom is 0.237 e. The lowest BCUT2D eigenvalue weighted by Crippen LogP contribution is -2.23. The van der Waals surface area contributed by atoms with Crippen LogP contribution < -0.4 is 5.32 Å². The van der Waals surface area contributed by atoms with Gasteiger partial charge in [-0.15, -0.1) is 10.2 Å². The summed E-state index contributed by atoms with van der Waals surface area (Å²) in [6, 6.07) is 18.1. The van der Waals surface area contributed by atoms with E-state index in [0.29, 0.717) is 12.5 Å². The average Bonchev–Trinajstić information content (AvgIpc) is 3.02. The van der Waals surface area contributed by atoms with Gasteiger partial charge in [-0.3, -0.25) is 4.79 Å². The summed E-state index contributed by atoms with van der Waals surface area (Å²) < 4.78 is 2.05. The molecule has 1 atom stereocenters. The van der Waals surface area contributed by atoms with Crippen molar-refractivity contribution in [1.82, 2.24) is 14.8 Å². The van der Waals surface area contributed by atoms with E-state index < -0.39 is 0 Å². The lowest BCUT2D eigenvalue weighted by atomic mass is 10.0. The van der Waals surface area contributed by atoms with E-state index in [1.54, 1.807) is 0 Å². The molecule has 1 amide bonds. The summed E-state index contributed by atoms with van der Waals surface area (Å²) in [5, 5.41) is 12.0. The van der Waals surface area contributed by atoms with Crippen molar-refractivity contribution in [2.45, 2.75) is 50.6 Å². The van der Waals surface area contributed by atoms with Crippen molar-refractivity contribution in [3.8, 4) is 0 Å². The SMILES string of the molecule is Cc1nnc(SC(C)C(=O)Nc2ccccc2C(C)C)n1Cc1ccccc1. The molecule has 0 aliphatic heterocycles. The molecule has 1 N–H and O–H groups in total. The van der Waals surface area contributed by atoms with Crippen LogP contribution in [0.1, 0.15) is 43.6 Å². The van der Waals surface area contributed by atoms with E-state index in [1.807, 2.05) is 54.8 Å². The van der Waals surface area contributed by atoms with Gasteiger partial charge in [0, 0.05) is 5.69 Å². The Morgan fingerprint density at radius 2 is 1.71 bits per heavy atom. The lowest BCUT2D eigenvalue weighted by Gasteiger charge is -2.16. The number of carbonyl (C=O) groups excluding carboxylic acids is 1. The fraction of sp³-hybridized carbons (Fsp3) is 0.318. The monoisotopic (exact) mass is 394 g/mol. The van der Waals surface area contributed by atoms with Crippen LogP contribution in [-0.4, -0.2) is 25.9 Å². The van der Waals surface area contributed by atoms with E-state index >= 15 is 0 Å². The number of benzene rings is 2. The largest absolute Gasteiger partial charge is 0.325 e. The highest BCUT2D eigenvalue weighted by Crippen LogP contribution is 2.27. The van der Waals surface area contributed by atoms with E-state index in [2.05, 4.69) is 47.6 Å². The Morgan fingerprint density at radius 1 is 1.04 bits per heavy atom. The summed E-state index contributed by atoms with van der Waals surface area (Å²) in [6.45, 7) is 8.76. The maximum absolute atomic E-state index is 12.8. The summed E-state index contributed by atoms with van der Waals surface area (Å²) in [6.07, 6.45) is 0. The molecule has 6 heteroatoms. The van der Waals surface area contributed by atoms with Crippen LogP contribution in [0.15, 0.2) is 59.8 Å². The Bertz CT molecular complexity index is 937. The van der Waals surface area contributed by atoms with Crippen LogP contribution in [0.2, 0.25) is 0 Å². The zero-order valence-corrected chi connectivity index (χ0v) is 17.5. The molecule has 0 fully saturated rings. The number of hydrogen-bond acceptors (Lipinski definition) is 4. The standard InChI is InChI=1S/C22H26N4OS/c1-15(2)19-12-8-9-13-20(19)23-21(27)16(3)28-22-25-24-17(4)26(22)14-18-10-6-5-7-11-18/h5-13,15-16H,14H2,1-4H3,(H,23,27). The van der Waals surface area contributed by atoms with Gasteiger partial charge >= 0.3 is 0 Å². The molecule has 0 saturated carbocycles. The number of nitrogens with one attached hydrogen (secondary N) is 1. The number of aromatic nitrogens is 3. The van der Waals surface area contributed by atoms with E-state index in [9.17, 15) is 4.79 Å². The molecule has 0 aliphatic carbocycles. The van der Waals surface area contributed by atoms with Crippen molar-refractivity contribution in [2.24, 2.45) is 0 Å². The summed E-state index contributed by atoms with van der Waals surface area (Å²) >= 11 is 1.43. The molecule has 0 saturated heterocycles. The predicted molar refractivity (Wildman–Crippen MR) is 115 cm³/mol. The minimum Gasteiger partial charge on any atom is -0.325 e. The van der Waals surface area contributed by atoms with Crippen LogP contribution in [0.4, 0.5) is 5.69 Å². The molecule has 146 valence electrons. The van der Waals surface area contributed by atoms with Gasteiger partial charge in [-0.2, -0.15) is 0 Å². The summed E-state index contributed by atoms with van der Waals surface area (Å²) in [7, 11) is 0. The molecule has 3 aromatic rings. The Balaban J connectivity index is 1.71. The normalized spacial score (nSPS) is 12.2. The number of rotatable bonds is 7. The predicted octanol–water partition coefficient (Wildman–Crippen LogP) is 4.88.